The summed E-state index contributed by atoms with van der Waals surface area (Å²) in [6.07, 6.45) is 50.5. The van der Waals surface area contributed by atoms with Crippen LogP contribution in [-0.2, 0) is 9.59 Å². The molecule has 0 aliphatic heterocycles. The molecule has 414 valence electrons. The minimum absolute atomic E-state index is 0.218. The monoisotopic (exact) mass is 1040 g/mol. The van der Waals surface area contributed by atoms with E-state index in [0.29, 0.717) is 38.8 Å². The molecule has 6 unspecified atom stereocenters. The highest BCUT2D eigenvalue weighted by atomic mass is 32.2. The van der Waals surface area contributed by atoms with Crippen LogP contribution in [0.4, 0.5) is 0 Å². The van der Waals surface area contributed by atoms with Gasteiger partial charge in [-0.25, -0.2) is 0 Å². The SMILES string of the molecule is CCCCC/C=C\C/C=C\CC(O)CN(CCSC(=O)C(O)C(O)C(=O)SCCN(CC(O)C/C=C\C/C=C\CCCCC)CC(O)C/C=C\C/C=C\CCCCC)CC(O)C/C=C\C/C=C\CCCCC. The fourth-order valence-electron chi connectivity index (χ4n) is 7.60. The van der Waals surface area contributed by atoms with Crippen LogP contribution in [0.15, 0.2) is 97.2 Å². The molecule has 0 radical (unpaired) electrons. The van der Waals surface area contributed by atoms with Crippen LogP contribution < -0.4 is 0 Å². The van der Waals surface area contributed by atoms with Gasteiger partial charge in [0, 0.05) is 50.8 Å². The lowest BCUT2D eigenvalue weighted by atomic mass is 10.1. The smallest absolute Gasteiger partial charge is 0.220 e. The van der Waals surface area contributed by atoms with Gasteiger partial charge in [0.15, 0.2) is 12.2 Å². The molecule has 0 bridgehead atoms. The van der Waals surface area contributed by atoms with Crippen molar-refractivity contribution in [3.05, 3.63) is 97.2 Å². The minimum atomic E-state index is -1.92. The van der Waals surface area contributed by atoms with Crippen molar-refractivity contribution in [2.24, 2.45) is 0 Å². The molecule has 0 fully saturated rings. The van der Waals surface area contributed by atoms with Gasteiger partial charge in [0.1, 0.15) is 0 Å². The van der Waals surface area contributed by atoms with Gasteiger partial charge in [-0.3, -0.25) is 19.4 Å². The number of carbonyl (C=O) groups excluding carboxylic acids is 2. The Bertz CT molecular complexity index is 1320. The summed E-state index contributed by atoms with van der Waals surface area (Å²) in [6.45, 7) is 10.5. The van der Waals surface area contributed by atoms with Gasteiger partial charge in [-0.1, -0.05) is 200 Å². The summed E-state index contributed by atoms with van der Waals surface area (Å²) < 4.78 is 0. The van der Waals surface area contributed by atoms with Crippen LogP contribution in [-0.4, -0.2) is 138 Å². The molecule has 12 heteroatoms. The number of nitrogens with zero attached hydrogens (tertiary/aromatic N) is 2. The molecule has 0 aromatic heterocycles. The van der Waals surface area contributed by atoms with Crippen molar-refractivity contribution in [2.45, 2.75) is 218 Å². The van der Waals surface area contributed by atoms with Gasteiger partial charge < -0.3 is 30.6 Å². The molecule has 0 aliphatic carbocycles. The molecule has 0 spiro atoms. The highest BCUT2D eigenvalue weighted by molar-refractivity contribution is 8.14. The van der Waals surface area contributed by atoms with Crippen LogP contribution in [0.3, 0.4) is 0 Å². The van der Waals surface area contributed by atoms with Crippen LogP contribution in [0.5, 0.6) is 0 Å². The lowest BCUT2D eigenvalue weighted by Gasteiger charge is -2.27. The summed E-state index contributed by atoms with van der Waals surface area (Å²) in [5.41, 5.74) is 0. The Morgan fingerprint density at radius 2 is 0.597 bits per heavy atom. The zero-order valence-corrected chi connectivity index (χ0v) is 47.2. The molecule has 72 heavy (non-hydrogen) atoms. The van der Waals surface area contributed by atoms with Crippen molar-refractivity contribution in [3.8, 4) is 0 Å². The highest BCUT2D eigenvalue weighted by Gasteiger charge is 2.31. The van der Waals surface area contributed by atoms with Crippen molar-refractivity contribution < 1.29 is 40.2 Å². The van der Waals surface area contributed by atoms with E-state index in [2.05, 4.69) is 76.3 Å². The van der Waals surface area contributed by atoms with E-state index in [1.54, 1.807) is 0 Å². The van der Waals surface area contributed by atoms with Crippen molar-refractivity contribution in [1.82, 2.24) is 9.80 Å². The van der Waals surface area contributed by atoms with E-state index in [4.69, 9.17) is 0 Å². The number of carbonyl (C=O) groups is 2. The first-order valence-corrected chi connectivity index (χ1v) is 30.0. The predicted molar refractivity (Wildman–Crippen MR) is 310 cm³/mol. The predicted octanol–water partition coefficient (Wildman–Crippen LogP) is 12.2. The van der Waals surface area contributed by atoms with Crippen molar-refractivity contribution in [2.75, 3.05) is 50.8 Å². The summed E-state index contributed by atoms with van der Waals surface area (Å²) >= 11 is 1.62. The molecule has 0 saturated carbocycles. The first kappa shape index (κ1) is 69.6. The first-order valence-electron chi connectivity index (χ1n) is 28.0. The second kappa shape index (κ2) is 52.1. The molecule has 0 aromatic rings. The molecule has 6 N–H and O–H groups in total. The first-order chi connectivity index (χ1) is 35.0. The topological polar surface area (TPSA) is 162 Å². The van der Waals surface area contributed by atoms with Gasteiger partial charge in [-0.05, 0) is 103 Å². The average Bonchev–Trinajstić information content (AvgIpc) is 3.36. The van der Waals surface area contributed by atoms with E-state index >= 15 is 0 Å². The van der Waals surface area contributed by atoms with E-state index in [0.717, 1.165) is 74.9 Å². The third-order valence-corrected chi connectivity index (χ3v) is 13.7. The normalized spacial score (nSPS) is 15.4. The average molecular weight is 1050 g/mol. The van der Waals surface area contributed by atoms with E-state index in [1.807, 2.05) is 58.4 Å². The third-order valence-electron chi connectivity index (χ3n) is 11.9. The maximum atomic E-state index is 13.1. The Hall–Kier alpha value is -2.36. The minimum Gasteiger partial charge on any atom is -0.391 e. The van der Waals surface area contributed by atoms with E-state index in [-0.39, 0.29) is 37.7 Å². The van der Waals surface area contributed by atoms with Crippen LogP contribution in [0.1, 0.15) is 182 Å². The van der Waals surface area contributed by atoms with Gasteiger partial charge in [0.25, 0.3) is 0 Å². The molecule has 0 aliphatic rings. The Kier molecular flexibility index (Phi) is 50.4. The number of hydrogen-bond acceptors (Lipinski definition) is 12. The molecule has 0 amide bonds. The fraction of sp³-hybridized carbons (Fsp3) is 0.700. The molecule has 6 atom stereocenters. The van der Waals surface area contributed by atoms with Gasteiger partial charge in [-0.15, -0.1) is 0 Å². The summed E-state index contributed by atoms with van der Waals surface area (Å²) in [5, 5.41) is 63.9. The number of aliphatic hydroxyl groups is 6. The number of rotatable bonds is 49. The van der Waals surface area contributed by atoms with Gasteiger partial charge in [-0.2, -0.15) is 0 Å². The maximum Gasteiger partial charge on any atom is 0.220 e. The van der Waals surface area contributed by atoms with Gasteiger partial charge in [0.2, 0.25) is 10.2 Å². The van der Waals surface area contributed by atoms with E-state index in [9.17, 15) is 40.2 Å². The van der Waals surface area contributed by atoms with Crippen molar-refractivity contribution in [1.29, 1.82) is 0 Å². The van der Waals surface area contributed by atoms with Crippen molar-refractivity contribution >= 4 is 33.8 Å². The molecule has 0 rings (SSSR count). The summed E-state index contributed by atoms with van der Waals surface area (Å²) in [6, 6.07) is 0. The van der Waals surface area contributed by atoms with Crippen LogP contribution in [0.25, 0.3) is 0 Å². The number of hydrogen-bond donors (Lipinski definition) is 6. The second-order valence-electron chi connectivity index (χ2n) is 19.0. The van der Waals surface area contributed by atoms with Crippen LogP contribution in [0.2, 0.25) is 0 Å². The number of unbranched alkanes of at least 4 members (excludes halogenated alkanes) is 12. The number of thioether (sulfide) groups is 2. The largest absolute Gasteiger partial charge is 0.391 e. The molecular weight excluding hydrogens is 941 g/mol. The molecular formula is C60H104N2O8S2. The Balaban J connectivity index is 5.42. The molecule has 10 nitrogen and oxygen atoms in total. The molecule has 0 heterocycles. The lowest BCUT2D eigenvalue weighted by molar-refractivity contribution is -0.133. The van der Waals surface area contributed by atoms with Crippen molar-refractivity contribution in [3.63, 3.8) is 0 Å². The zero-order chi connectivity index (χ0) is 53.1. The maximum absolute atomic E-state index is 13.1. The molecule has 0 saturated heterocycles. The number of allylic oxidation sites excluding steroid dienone is 12. The van der Waals surface area contributed by atoms with E-state index < -0.39 is 46.9 Å². The van der Waals surface area contributed by atoms with Gasteiger partial charge in [0.05, 0.1) is 24.4 Å². The Morgan fingerprint density at radius 1 is 0.361 bits per heavy atom. The quantitative estimate of drug-likeness (QED) is 0.0253. The lowest BCUT2D eigenvalue weighted by Crippen LogP contribution is -2.41. The second-order valence-corrected chi connectivity index (χ2v) is 21.2. The van der Waals surface area contributed by atoms with Gasteiger partial charge >= 0.3 is 0 Å². The van der Waals surface area contributed by atoms with Crippen LogP contribution >= 0.6 is 23.5 Å². The molecule has 0 aromatic carbocycles. The summed E-state index contributed by atoms with van der Waals surface area (Å²) in [7, 11) is 0. The zero-order valence-electron chi connectivity index (χ0n) is 45.5. The third kappa shape index (κ3) is 45.1. The Labute approximate surface area is 448 Å². The standard InChI is InChI=1S/C60H104N2O8S2/c1-5-9-13-17-21-25-29-33-37-41-53(63)49-61(50-54(64)42-38-34-30-26-22-18-14-10-6-2)45-47-71-59(69)57(67)58(68)60(70)72-48-46-62(51-55(65)43-39-35-31-27-23-19-15-11-7-3)52-56(66)44-40-36-32-28-24-20-16-12-8-4/h21-28,33-40,53-58,63-68H,5-20,29-32,41-52H2,1-4H3/b25-21-,26-22-,27-23-,28-24-,37-33-,38-34-,39-35-,40-36-. The van der Waals surface area contributed by atoms with Crippen LogP contribution in [0, 0.1) is 0 Å². The van der Waals surface area contributed by atoms with E-state index in [1.165, 1.54) is 77.0 Å². The Morgan fingerprint density at radius 3 is 0.833 bits per heavy atom. The fourth-order valence-corrected chi connectivity index (χ4v) is 9.30. The highest BCUT2D eigenvalue weighted by Crippen LogP contribution is 2.17. The summed E-state index contributed by atoms with van der Waals surface area (Å²) in [4.78, 5) is 30.0. The number of aliphatic hydroxyl groups excluding tert-OH is 6. The summed E-state index contributed by atoms with van der Waals surface area (Å²) in [5.74, 6) is 0.437.